The predicted molar refractivity (Wildman–Crippen MR) is 126 cm³/mol. The Morgan fingerprint density at radius 1 is 1.06 bits per heavy atom. The lowest BCUT2D eigenvalue weighted by atomic mass is 10.0. The number of methoxy groups -OCH3 is 1. The number of hydrogen-bond donors (Lipinski definition) is 1. The maximum atomic E-state index is 13.4. The van der Waals surface area contributed by atoms with Crippen molar-refractivity contribution < 1.29 is 22.7 Å². The lowest BCUT2D eigenvalue weighted by Gasteiger charge is -2.35. The average molecular weight is 467 g/mol. The van der Waals surface area contributed by atoms with Gasteiger partial charge in [-0.25, -0.2) is 8.42 Å². The SMILES string of the molecule is CC[C@H](NC(=O)[C@@H]1CN(S(=O)(=O)c2ccccc2)c2ccccc2O1)c1ccc(OC)cc1. The molecular weight excluding hydrogens is 440 g/mol. The van der Waals surface area contributed by atoms with Gasteiger partial charge in [0.2, 0.25) is 0 Å². The molecule has 7 nitrogen and oxygen atoms in total. The van der Waals surface area contributed by atoms with Crippen LogP contribution in [-0.2, 0) is 14.8 Å². The maximum absolute atomic E-state index is 13.4. The Morgan fingerprint density at radius 3 is 2.39 bits per heavy atom. The molecule has 0 aliphatic carbocycles. The van der Waals surface area contributed by atoms with Crippen LogP contribution < -0.4 is 19.1 Å². The van der Waals surface area contributed by atoms with E-state index in [2.05, 4.69) is 5.32 Å². The zero-order valence-corrected chi connectivity index (χ0v) is 19.3. The van der Waals surface area contributed by atoms with Gasteiger partial charge in [0.1, 0.15) is 11.5 Å². The maximum Gasteiger partial charge on any atom is 0.264 e. The molecule has 1 amide bonds. The van der Waals surface area contributed by atoms with Crippen molar-refractivity contribution in [1.29, 1.82) is 0 Å². The first kappa shape index (κ1) is 22.7. The summed E-state index contributed by atoms with van der Waals surface area (Å²) in [4.78, 5) is 13.4. The number of amides is 1. The van der Waals surface area contributed by atoms with Crippen LogP contribution in [0.2, 0.25) is 0 Å². The molecule has 0 aromatic heterocycles. The van der Waals surface area contributed by atoms with Gasteiger partial charge in [0.05, 0.1) is 30.3 Å². The van der Waals surface area contributed by atoms with Crippen molar-refractivity contribution in [1.82, 2.24) is 5.32 Å². The minimum atomic E-state index is -3.88. The van der Waals surface area contributed by atoms with Crippen molar-refractivity contribution >= 4 is 21.6 Å². The number of sulfonamides is 1. The summed E-state index contributed by atoms with van der Waals surface area (Å²) in [6.07, 6.45) is -0.335. The van der Waals surface area contributed by atoms with Crippen molar-refractivity contribution in [3.63, 3.8) is 0 Å². The molecule has 1 aliphatic rings. The van der Waals surface area contributed by atoms with Gasteiger partial charge in [0, 0.05) is 0 Å². The normalized spacial score (nSPS) is 16.3. The van der Waals surface area contributed by atoms with E-state index in [9.17, 15) is 13.2 Å². The van der Waals surface area contributed by atoms with Crippen LogP contribution >= 0.6 is 0 Å². The van der Waals surface area contributed by atoms with Gasteiger partial charge in [0.15, 0.2) is 6.10 Å². The number of nitrogens with zero attached hydrogens (tertiary/aromatic N) is 1. The molecule has 0 unspecified atom stereocenters. The summed E-state index contributed by atoms with van der Waals surface area (Å²) < 4.78 is 39.2. The van der Waals surface area contributed by atoms with Gasteiger partial charge in [-0.2, -0.15) is 0 Å². The summed E-state index contributed by atoms with van der Waals surface area (Å²) in [5.41, 5.74) is 1.34. The highest BCUT2D eigenvalue weighted by Gasteiger charge is 2.37. The molecule has 0 radical (unpaired) electrons. The second kappa shape index (κ2) is 9.54. The first-order valence-electron chi connectivity index (χ1n) is 10.7. The second-order valence-electron chi connectivity index (χ2n) is 7.67. The van der Waals surface area contributed by atoms with Gasteiger partial charge in [0.25, 0.3) is 15.9 Å². The smallest absolute Gasteiger partial charge is 0.264 e. The van der Waals surface area contributed by atoms with Crippen LogP contribution in [0, 0.1) is 0 Å². The second-order valence-corrected chi connectivity index (χ2v) is 9.53. The topological polar surface area (TPSA) is 84.9 Å². The van der Waals surface area contributed by atoms with Crippen molar-refractivity contribution in [2.75, 3.05) is 18.0 Å². The Hall–Kier alpha value is -3.52. The van der Waals surface area contributed by atoms with Gasteiger partial charge in [-0.3, -0.25) is 9.10 Å². The van der Waals surface area contributed by atoms with Gasteiger partial charge in [-0.05, 0) is 48.4 Å². The zero-order chi connectivity index (χ0) is 23.4. The summed E-state index contributed by atoms with van der Waals surface area (Å²) in [5.74, 6) is 0.704. The number of carbonyl (C=O) groups excluding carboxylic acids is 1. The van der Waals surface area contributed by atoms with Crippen LogP contribution in [0.5, 0.6) is 11.5 Å². The summed E-state index contributed by atoms with van der Waals surface area (Å²) in [6, 6.07) is 22.2. The van der Waals surface area contributed by atoms with E-state index in [0.29, 0.717) is 17.9 Å². The number of ether oxygens (including phenoxy) is 2. The van der Waals surface area contributed by atoms with Crippen LogP contribution in [0.1, 0.15) is 24.9 Å². The van der Waals surface area contributed by atoms with Crippen LogP contribution in [0.25, 0.3) is 0 Å². The Labute approximate surface area is 194 Å². The number of anilines is 1. The molecule has 1 aliphatic heterocycles. The molecule has 1 N–H and O–H groups in total. The Bertz CT molecular complexity index is 1210. The summed E-state index contributed by atoms with van der Waals surface area (Å²) in [6.45, 7) is 1.84. The third kappa shape index (κ3) is 4.66. The molecule has 0 fully saturated rings. The molecule has 0 bridgehead atoms. The van der Waals surface area contributed by atoms with Gasteiger partial charge >= 0.3 is 0 Å². The zero-order valence-electron chi connectivity index (χ0n) is 18.5. The summed E-state index contributed by atoms with van der Waals surface area (Å²) in [5, 5.41) is 3.01. The van der Waals surface area contributed by atoms with Crippen LogP contribution in [-0.4, -0.2) is 34.1 Å². The van der Waals surface area contributed by atoms with Crippen molar-refractivity contribution in [3.8, 4) is 11.5 Å². The number of para-hydroxylation sites is 2. The number of benzene rings is 3. The molecule has 2 atom stereocenters. The van der Waals surface area contributed by atoms with E-state index in [-0.39, 0.29) is 23.4 Å². The number of hydrogen-bond acceptors (Lipinski definition) is 5. The fraction of sp³-hybridized carbons (Fsp3) is 0.240. The van der Waals surface area contributed by atoms with Crippen LogP contribution in [0.15, 0.2) is 83.8 Å². The number of fused-ring (bicyclic) bond motifs is 1. The van der Waals surface area contributed by atoms with E-state index < -0.39 is 16.1 Å². The number of rotatable bonds is 7. The van der Waals surface area contributed by atoms with E-state index in [4.69, 9.17) is 9.47 Å². The number of carbonyl (C=O) groups is 1. The third-order valence-corrected chi connectivity index (χ3v) is 7.40. The van der Waals surface area contributed by atoms with E-state index >= 15 is 0 Å². The van der Waals surface area contributed by atoms with Crippen molar-refractivity contribution in [2.45, 2.75) is 30.4 Å². The van der Waals surface area contributed by atoms with Gasteiger partial charge in [-0.15, -0.1) is 0 Å². The van der Waals surface area contributed by atoms with E-state index in [1.165, 1.54) is 4.31 Å². The average Bonchev–Trinajstić information content (AvgIpc) is 2.87. The first-order valence-corrected chi connectivity index (χ1v) is 12.2. The van der Waals surface area contributed by atoms with Gasteiger partial charge in [-0.1, -0.05) is 49.4 Å². The molecule has 3 aromatic rings. The highest BCUT2D eigenvalue weighted by Crippen LogP contribution is 2.37. The molecule has 0 saturated heterocycles. The highest BCUT2D eigenvalue weighted by molar-refractivity contribution is 7.92. The molecule has 3 aromatic carbocycles. The highest BCUT2D eigenvalue weighted by atomic mass is 32.2. The largest absolute Gasteiger partial charge is 0.497 e. The third-order valence-electron chi connectivity index (χ3n) is 5.60. The lowest BCUT2D eigenvalue weighted by Crippen LogP contribution is -2.51. The molecule has 4 rings (SSSR count). The van der Waals surface area contributed by atoms with E-state index in [0.717, 1.165) is 11.3 Å². The monoisotopic (exact) mass is 466 g/mol. The fourth-order valence-electron chi connectivity index (χ4n) is 3.81. The standard InChI is InChI=1S/C25H26N2O5S/c1-3-21(18-13-15-19(31-2)16-14-18)26-25(28)24-17-27(22-11-7-8-12-23(22)32-24)33(29,30)20-9-5-4-6-10-20/h4-16,21,24H,3,17H2,1-2H3,(H,26,28)/t21-,24-/m0/s1. The van der Waals surface area contributed by atoms with Crippen LogP contribution in [0.3, 0.4) is 0 Å². The van der Waals surface area contributed by atoms with E-state index in [1.807, 2.05) is 31.2 Å². The Balaban J connectivity index is 1.60. The molecule has 172 valence electrons. The number of nitrogens with one attached hydrogen (secondary N) is 1. The summed E-state index contributed by atoms with van der Waals surface area (Å²) in [7, 11) is -2.28. The molecular formula is C25H26N2O5S. The fourth-order valence-corrected chi connectivity index (χ4v) is 5.31. The lowest BCUT2D eigenvalue weighted by molar-refractivity contribution is -0.128. The van der Waals surface area contributed by atoms with Crippen molar-refractivity contribution in [2.24, 2.45) is 0 Å². The minimum Gasteiger partial charge on any atom is -0.497 e. The van der Waals surface area contributed by atoms with Gasteiger partial charge < -0.3 is 14.8 Å². The molecule has 1 heterocycles. The predicted octanol–water partition coefficient (Wildman–Crippen LogP) is 3.92. The Morgan fingerprint density at radius 2 is 1.73 bits per heavy atom. The Kier molecular flexibility index (Phi) is 6.55. The molecule has 33 heavy (non-hydrogen) atoms. The first-order chi connectivity index (χ1) is 15.9. The molecule has 0 saturated carbocycles. The molecule has 0 spiro atoms. The van der Waals surface area contributed by atoms with Crippen molar-refractivity contribution in [3.05, 3.63) is 84.4 Å². The summed E-state index contributed by atoms with van der Waals surface area (Å²) >= 11 is 0. The quantitative estimate of drug-likeness (QED) is 0.571. The van der Waals surface area contributed by atoms with E-state index in [1.54, 1.807) is 61.7 Å². The molecule has 8 heteroatoms. The minimum absolute atomic E-state index is 0.126. The van der Waals surface area contributed by atoms with Crippen LogP contribution in [0.4, 0.5) is 5.69 Å².